The molecule has 0 fully saturated rings. The smallest absolute Gasteiger partial charge is 0.337 e. The minimum Gasteiger partial charge on any atom is -0.494 e. The van der Waals surface area contributed by atoms with E-state index in [1.807, 2.05) is 17.6 Å². The number of carboxylic acid groups (broad SMARTS) is 1. The van der Waals surface area contributed by atoms with Crippen molar-refractivity contribution in [1.29, 1.82) is 0 Å². The summed E-state index contributed by atoms with van der Waals surface area (Å²) in [4.78, 5) is 11.5. The zero-order valence-corrected chi connectivity index (χ0v) is 12.8. The van der Waals surface area contributed by atoms with Gasteiger partial charge in [0.15, 0.2) is 11.6 Å². The lowest BCUT2D eigenvalue weighted by Gasteiger charge is -2.08. The van der Waals surface area contributed by atoms with Gasteiger partial charge in [-0.15, -0.1) is 0 Å². The van der Waals surface area contributed by atoms with E-state index in [1.54, 1.807) is 36.5 Å². The Bertz CT molecular complexity index is 899. The number of aromatic carboxylic acids is 1. The Balaban J connectivity index is 2.25. The number of hydrogen-bond donors (Lipinski definition) is 1. The Morgan fingerprint density at radius 3 is 2.74 bits per heavy atom. The van der Waals surface area contributed by atoms with E-state index in [1.165, 1.54) is 7.11 Å². The van der Waals surface area contributed by atoms with Gasteiger partial charge in [-0.05, 0) is 30.7 Å². The van der Waals surface area contributed by atoms with Gasteiger partial charge in [-0.1, -0.05) is 18.2 Å². The number of aromatic nitrogens is 1. The molecule has 0 spiro atoms. The van der Waals surface area contributed by atoms with Crippen LogP contribution in [0.4, 0.5) is 4.39 Å². The van der Waals surface area contributed by atoms with E-state index < -0.39 is 11.8 Å². The Morgan fingerprint density at radius 1 is 1.30 bits per heavy atom. The fourth-order valence-electron chi connectivity index (χ4n) is 2.79. The first-order valence-corrected chi connectivity index (χ1v) is 7.25. The molecule has 0 saturated heterocycles. The number of halogens is 1. The maximum absolute atomic E-state index is 14.4. The maximum atomic E-state index is 14.4. The number of ether oxygens (including phenoxy) is 1. The molecule has 3 aromatic rings. The van der Waals surface area contributed by atoms with Crippen LogP contribution in [0.15, 0.2) is 42.6 Å². The van der Waals surface area contributed by atoms with Crippen molar-refractivity contribution < 1.29 is 19.0 Å². The van der Waals surface area contributed by atoms with Crippen LogP contribution in [0.2, 0.25) is 0 Å². The number of aryl methyl sites for hydroxylation is 1. The zero-order valence-electron chi connectivity index (χ0n) is 12.8. The molecule has 0 saturated carbocycles. The molecule has 0 radical (unpaired) electrons. The number of hydrogen-bond acceptors (Lipinski definition) is 2. The third-order valence-corrected chi connectivity index (χ3v) is 3.95. The second kappa shape index (κ2) is 5.76. The number of nitrogens with zero attached hydrogens (tertiary/aromatic N) is 1. The summed E-state index contributed by atoms with van der Waals surface area (Å²) >= 11 is 0. The molecule has 1 N–H and O–H groups in total. The summed E-state index contributed by atoms with van der Waals surface area (Å²) in [5, 5.41) is 9.98. The number of carbonyl (C=O) groups is 1. The Kier molecular flexibility index (Phi) is 3.78. The molecule has 0 amide bonds. The first-order valence-electron chi connectivity index (χ1n) is 7.25. The van der Waals surface area contributed by atoms with Gasteiger partial charge >= 0.3 is 5.97 Å². The second-order valence-corrected chi connectivity index (χ2v) is 5.19. The molecule has 0 aliphatic heterocycles. The lowest BCUT2D eigenvalue weighted by Crippen LogP contribution is -1.95. The van der Waals surface area contributed by atoms with Crippen LogP contribution in [0.3, 0.4) is 0 Å². The number of carboxylic acids is 1. The SMILES string of the molecule is CCn1cc(C(=O)O)c2cc(-c3cccc(OC)c3F)ccc21. The average Bonchev–Trinajstić information content (AvgIpc) is 2.93. The molecule has 4 nitrogen and oxygen atoms in total. The van der Waals surface area contributed by atoms with E-state index >= 15 is 0 Å². The fourth-order valence-corrected chi connectivity index (χ4v) is 2.79. The number of rotatable bonds is 4. The van der Waals surface area contributed by atoms with Gasteiger partial charge in [-0.2, -0.15) is 0 Å². The van der Waals surface area contributed by atoms with Crippen LogP contribution in [0.25, 0.3) is 22.0 Å². The zero-order chi connectivity index (χ0) is 16.6. The molecule has 0 aliphatic rings. The fraction of sp³-hybridized carbons (Fsp3) is 0.167. The van der Waals surface area contributed by atoms with Crippen LogP contribution in [0, 0.1) is 5.82 Å². The highest BCUT2D eigenvalue weighted by molar-refractivity contribution is 6.04. The first kappa shape index (κ1) is 15.1. The maximum Gasteiger partial charge on any atom is 0.337 e. The lowest BCUT2D eigenvalue weighted by atomic mass is 10.0. The van der Waals surface area contributed by atoms with Gasteiger partial charge in [0.25, 0.3) is 0 Å². The van der Waals surface area contributed by atoms with Crippen molar-refractivity contribution in [3.63, 3.8) is 0 Å². The third kappa shape index (κ3) is 2.44. The minimum atomic E-state index is -0.995. The van der Waals surface area contributed by atoms with Crippen molar-refractivity contribution in [3.05, 3.63) is 54.0 Å². The average molecular weight is 313 g/mol. The predicted octanol–water partition coefficient (Wildman–Crippen LogP) is 4.17. The van der Waals surface area contributed by atoms with Crippen molar-refractivity contribution in [1.82, 2.24) is 4.57 Å². The monoisotopic (exact) mass is 313 g/mol. The topological polar surface area (TPSA) is 51.5 Å². The quantitative estimate of drug-likeness (QED) is 0.786. The lowest BCUT2D eigenvalue weighted by molar-refractivity contribution is 0.0699. The van der Waals surface area contributed by atoms with Gasteiger partial charge in [0.1, 0.15) is 0 Å². The Labute approximate surface area is 132 Å². The summed E-state index contributed by atoms with van der Waals surface area (Å²) in [6.45, 7) is 2.61. The number of benzene rings is 2. The van der Waals surface area contributed by atoms with Gasteiger partial charge in [0.05, 0.1) is 12.7 Å². The number of fused-ring (bicyclic) bond motifs is 1. The molecule has 0 atom stereocenters. The Morgan fingerprint density at radius 2 is 2.09 bits per heavy atom. The summed E-state index contributed by atoms with van der Waals surface area (Å²) in [5.41, 5.74) is 2.03. The van der Waals surface area contributed by atoms with E-state index in [9.17, 15) is 14.3 Å². The van der Waals surface area contributed by atoms with Crippen LogP contribution in [-0.2, 0) is 6.54 Å². The molecule has 0 aliphatic carbocycles. The van der Waals surface area contributed by atoms with Crippen LogP contribution in [-0.4, -0.2) is 22.8 Å². The van der Waals surface area contributed by atoms with Crippen molar-refractivity contribution in [2.45, 2.75) is 13.5 Å². The highest BCUT2D eigenvalue weighted by Gasteiger charge is 2.16. The molecule has 118 valence electrons. The highest BCUT2D eigenvalue weighted by atomic mass is 19.1. The van der Waals surface area contributed by atoms with Gasteiger partial charge < -0.3 is 14.4 Å². The Hall–Kier alpha value is -2.82. The van der Waals surface area contributed by atoms with Crippen LogP contribution in [0.1, 0.15) is 17.3 Å². The molecule has 2 aromatic carbocycles. The normalized spacial score (nSPS) is 10.9. The summed E-state index contributed by atoms with van der Waals surface area (Å²) in [7, 11) is 1.41. The molecule has 5 heteroatoms. The van der Waals surface area contributed by atoms with Gasteiger partial charge in [0.2, 0.25) is 0 Å². The van der Waals surface area contributed by atoms with Gasteiger partial charge in [-0.3, -0.25) is 0 Å². The minimum absolute atomic E-state index is 0.159. The number of methoxy groups -OCH3 is 1. The molecule has 23 heavy (non-hydrogen) atoms. The summed E-state index contributed by atoms with van der Waals surface area (Å²) < 4.78 is 21.3. The largest absolute Gasteiger partial charge is 0.494 e. The summed E-state index contributed by atoms with van der Waals surface area (Å²) in [5.74, 6) is -1.29. The molecule has 3 rings (SSSR count). The predicted molar refractivity (Wildman–Crippen MR) is 86.5 cm³/mol. The van der Waals surface area contributed by atoms with Crippen molar-refractivity contribution in [3.8, 4) is 16.9 Å². The standard InChI is InChI=1S/C18H16FNO3/c1-3-20-10-14(18(21)22)13-9-11(7-8-15(13)20)12-5-4-6-16(23-2)17(12)19/h4-10H,3H2,1-2H3,(H,21,22). The van der Waals surface area contributed by atoms with E-state index in [0.29, 0.717) is 23.1 Å². The van der Waals surface area contributed by atoms with E-state index in [4.69, 9.17) is 4.74 Å². The molecular formula is C18H16FNO3. The molecule has 1 aromatic heterocycles. The second-order valence-electron chi connectivity index (χ2n) is 5.19. The molecular weight excluding hydrogens is 297 g/mol. The van der Waals surface area contributed by atoms with Crippen LogP contribution < -0.4 is 4.74 Å². The molecule has 0 unspecified atom stereocenters. The molecule has 1 heterocycles. The van der Waals surface area contributed by atoms with Crippen molar-refractivity contribution in [2.75, 3.05) is 7.11 Å². The summed E-state index contributed by atoms with van der Waals surface area (Å²) in [6.07, 6.45) is 1.61. The van der Waals surface area contributed by atoms with Crippen molar-refractivity contribution in [2.24, 2.45) is 0 Å². The highest BCUT2D eigenvalue weighted by Crippen LogP contribution is 2.32. The van der Waals surface area contributed by atoms with Gasteiger partial charge in [-0.25, -0.2) is 9.18 Å². The van der Waals surface area contributed by atoms with Gasteiger partial charge in [0, 0.05) is 29.2 Å². The molecule has 0 bridgehead atoms. The van der Waals surface area contributed by atoms with E-state index in [0.717, 1.165) is 5.52 Å². The summed E-state index contributed by atoms with van der Waals surface area (Å²) in [6, 6.07) is 10.2. The van der Waals surface area contributed by atoms with E-state index in [-0.39, 0.29) is 11.3 Å². The third-order valence-electron chi connectivity index (χ3n) is 3.95. The van der Waals surface area contributed by atoms with Crippen LogP contribution >= 0.6 is 0 Å². The first-order chi connectivity index (χ1) is 11.1. The van der Waals surface area contributed by atoms with Crippen LogP contribution in [0.5, 0.6) is 5.75 Å². The van der Waals surface area contributed by atoms with E-state index in [2.05, 4.69) is 0 Å². The van der Waals surface area contributed by atoms with Crippen molar-refractivity contribution >= 4 is 16.9 Å².